The van der Waals surface area contributed by atoms with Gasteiger partial charge in [-0.05, 0) is 212 Å². The topological polar surface area (TPSA) is 189 Å². The maximum absolute atomic E-state index is 14.2. The summed E-state index contributed by atoms with van der Waals surface area (Å²) < 4.78 is 97.1. The van der Waals surface area contributed by atoms with Gasteiger partial charge >= 0.3 is 6.09 Å². The molecule has 18 heterocycles. The first-order valence-corrected chi connectivity index (χ1v) is 40.6. The van der Waals surface area contributed by atoms with Crippen molar-refractivity contribution in [1.82, 2.24) is 64.6 Å². The molecule has 0 aromatic carbocycles. The third-order valence-corrected chi connectivity index (χ3v) is 25.6. The monoisotopic (exact) mass is 1740 g/mol. The highest BCUT2D eigenvalue weighted by molar-refractivity contribution is 14.1. The molecule has 0 saturated carbocycles. The molecule has 12 aliphatic heterocycles. The average molecular weight is 1740 g/mol. The van der Waals surface area contributed by atoms with Crippen LogP contribution < -0.4 is 40.9 Å². The van der Waals surface area contributed by atoms with Crippen molar-refractivity contribution in [3.8, 4) is 0 Å². The van der Waals surface area contributed by atoms with Crippen LogP contribution in [0.2, 0.25) is 20.1 Å². The number of nitrogen functional groups attached to an aromatic ring is 1. The van der Waals surface area contributed by atoms with E-state index in [0.717, 1.165) is 182 Å². The Kier molecular flexibility index (Phi) is 28.1. The molecule has 12 fully saturated rings. The lowest BCUT2D eigenvalue weighted by Crippen LogP contribution is -2.29. The summed E-state index contributed by atoms with van der Waals surface area (Å²) in [5.41, 5.74) is 5.46. The average Bonchev–Trinajstić information content (AvgIpc) is 1.70. The standard InChI is InChI=1S/C17H24ClFN4O2.C12H14ClFIN3.C12H16ClFN4.C12H15ClFN3.C12H16FN3.C7H14N2.C5H3F2N/c1-17(2,3)25-16(24)20-12-5-13(21-15(19)14(12)18)23-8-10-6-22(4)7-11(10)9-23;2*1-17-3-7-5-18(6-8(7)4-17)10-2-9(15)11(13)12(14)16-10;1-16-4-8-6-17(7-9(8)5-16)11-3-2-10(13)12(14)15-11;1-15-5-9-7-16(8-10(9)6-15)12-4-2-3-11(13)14-12;1-9-4-6-2-8-3-7(6)5-9;6-4-2-1-3-5(7)8-4/h5,10-11H,6-9H2,1-4H3,(H,20,21,24);2,7-8H,3-6H2,1H3;2,7-8H,3-6H2,1H3,(H2,15,16);2-3,8-9H,4-7H2,1H3;2-4,9-10H,5-8H2,1H3;6-8H,2-5H2,1H3;1-3H. The van der Waals surface area contributed by atoms with Gasteiger partial charge in [0.05, 0.1) is 16.4 Å². The Hall–Kier alpha value is -5.91. The van der Waals surface area contributed by atoms with Crippen molar-refractivity contribution >= 4 is 116 Å². The van der Waals surface area contributed by atoms with Crippen LogP contribution >= 0.6 is 69.0 Å². The highest BCUT2D eigenvalue weighted by atomic mass is 127. The van der Waals surface area contributed by atoms with Crippen molar-refractivity contribution in [3.05, 3.63) is 132 Å². The number of nitrogens with two attached hydrogens (primary N) is 1. The molecule has 606 valence electrons. The molecular weight excluding hydrogens is 1640 g/mol. The van der Waals surface area contributed by atoms with Gasteiger partial charge in [-0.25, -0.2) is 29.7 Å². The number of aromatic nitrogens is 6. The maximum Gasteiger partial charge on any atom is 0.412 e. The molecule has 4 N–H and O–H groups in total. The second-order valence-electron chi connectivity index (χ2n) is 33.2. The van der Waals surface area contributed by atoms with Gasteiger partial charge in [0, 0.05) is 160 Å². The van der Waals surface area contributed by atoms with E-state index in [1.807, 2.05) is 12.1 Å². The van der Waals surface area contributed by atoms with Gasteiger partial charge in [-0.3, -0.25) is 5.32 Å². The van der Waals surface area contributed by atoms with Crippen molar-refractivity contribution < 1.29 is 40.3 Å². The van der Waals surface area contributed by atoms with Crippen molar-refractivity contribution in [2.45, 2.75) is 26.4 Å². The van der Waals surface area contributed by atoms with Gasteiger partial charge < -0.3 is 69.7 Å². The Morgan fingerprint density at radius 3 is 1.07 bits per heavy atom. The van der Waals surface area contributed by atoms with Crippen LogP contribution in [0.4, 0.5) is 76.0 Å². The molecule has 0 radical (unpaired) electrons. The molecule has 12 aliphatic rings. The van der Waals surface area contributed by atoms with E-state index >= 15 is 0 Å². The van der Waals surface area contributed by atoms with Crippen LogP contribution in [0.15, 0.2) is 66.7 Å². The largest absolute Gasteiger partial charge is 0.444 e. The lowest BCUT2D eigenvalue weighted by atomic mass is 10.0. The Balaban J connectivity index is 0.000000123. The first-order valence-electron chi connectivity index (χ1n) is 38.0. The van der Waals surface area contributed by atoms with Crippen LogP contribution in [-0.4, -0.2) is 270 Å². The molecule has 6 aromatic rings. The number of likely N-dealkylation sites (tertiary alicyclic amines) is 6. The number of carbonyl (C=O) groups excluding carboxylic acids is 1. The molecule has 12 atom stereocenters. The normalized spacial score (nSPS) is 27.3. The quantitative estimate of drug-likeness (QED) is 0.0810. The van der Waals surface area contributed by atoms with Crippen LogP contribution in [0, 0.1) is 116 Å². The van der Waals surface area contributed by atoms with Gasteiger partial charge in [0.25, 0.3) is 0 Å². The fourth-order valence-corrected chi connectivity index (χ4v) is 19.1. The molecule has 34 heteroatoms. The van der Waals surface area contributed by atoms with Gasteiger partial charge in [0.1, 0.15) is 49.8 Å². The van der Waals surface area contributed by atoms with E-state index < -0.39 is 47.4 Å². The van der Waals surface area contributed by atoms with Crippen molar-refractivity contribution in [1.29, 1.82) is 0 Å². The van der Waals surface area contributed by atoms with Gasteiger partial charge in [-0.1, -0.05) is 58.5 Å². The number of hydrogen-bond donors (Lipinski definition) is 3. The first kappa shape index (κ1) is 84.5. The number of pyridine rings is 6. The van der Waals surface area contributed by atoms with E-state index in [2.05, 4.69) is 159 Å². The lowest BCUT2D eigenvalue weighted by molar-refractivity contribution is 0.0635. The zero-order chi connectivity index (χ0) is 79.4. The summed E-state index contributed by atoms with van der Waals surface area (Å²) in [5, 5.41) is 5.85. The highest BCUT2D eigenvalue weighted by Crippen LogP contribution is 2.40. The van der Waals surface area contributed by atoms with Crippen LogP contribution in [0.25, 0.3) is 0 Å². The number of amides is 1. The number of anilines is 7. The van der Waals surface area contributed by atoms with E-state index in [1.54, 1.807) is 51.1 Å². The van der Waals surface area contributed by atoms with E-state index in [9.17, 15) is 35.5 Å². The molecule has 12 unspecified atom stereocenters. The van der Waals surface area contributed by atoms with Gasteiger partial charge in [0.2, 0.25) is 41.6 Å². The van der Waals surface area contributed by atoms with Crippen molar-refractivity contribution in [2.75, 3.05) is 235 Å². The summed E-state index contributed by atoms with van der Waals surface area (Å²) in [6.45, 7) is 31.0. The number of nitrogens with zero attached hydrogens (tertiary/aromatic N) is 17. The molecule has 0 aliphatic carbocycles. The van der Waals surface area contributed by atoms with Crippen LogP contribution in [0.3, 0.4) is 0 Å². The number of fused-ring (bicyclic) bond motifs is 6. The summed E-state index contributed by atoms with van der Waals surface area (Å²) in [5.74, 6) is 7.34. The minimum Gasteiger partial charge on any atom is -0.444 e. The number of carbonyl (C=O) groups is 1. The highest BCUT2D eigenvalue weighted by Gasteiger charge is 2.44. The molecule has 111 heavy (non-hydrogen) atoms. The third kappa shape index (κ3) is 22.0. The molecule has 0 bridgehead atoms. The SMILES string of the molecule is CN1CC2CN(c3cc(I)c(Cl)c(F)n3)CC2C1.CN1CC2CN(c3cc(N)c(Cl)c(F)n3)CC2C1.CN1CC2CN(c3cc(NC(=O)OC(C)(C)C)c(Cl)c(F)n3)CC2C1.CN1CC2CN(c3ccc(Cl)c(F)n3)CC2C1.CN1CC2CN(c3cccc(F)n3)CC2C1.CN1CC2CNCC2C1.Fc1cccc(F)n1. The van der Waals surface area contributed by atoms with Crippen LogP contribution in [0.1, 0.15) is 20.8 Å². The van der Waals surface area contributed by atoms with Crippen LogP contribution in [0.5, 0.6) is 0 Å². The van der Waals surface area contributed by atoms with Gasteiger partial charge in [0.15, 0.2) is 0 Å². The molecule has 0 spiro atoms. The second kappa shape index (κ2) is 36.9. The predicted octanol–water partition coefficient (Wildman–Crippen LogP) is 11.4. The van der Waals surface area contributed by atoms with E-state index in [0.29, 0.717) is 64.8 Å². The van der Waals surface area contributed by atoms with Gasteiger partial charge in [-0.15, -0.1) is 0 Å². The number of halogens is 12. The summed E-state index contributed by atoms with van der Waals surface area (Å²) in [4.78, 5) is 59.4. The molecule has 22 nitrogen and oxygen atoms in total. The van der Waals surface area contributed by atoms with Crippen LogP contribution in [-0.2, 0) is 4.74 Å². The fraction of sp³-hybridized carbons (Fsp3) is 0.597. The van der Waals surface area contributed by atoms with Crippen molar-refractivity contribution in [3.63, 3.8) is 0 Å². The number of ether oxygens (including phenoxy) is 1. The Bertz CT molecular complexity index is 3960. The second-order valence-corrected chi connectivity index (χ2v) is 35.9. The summed E-state index contributed by atoms with van der Waals surface area (Å²) in [7, 11) is 13.0. The predicted molar refractivity (Wildman–Crippen MR) is 433 cm³/mol. The third-order valence-electron chi connectivity index (χ3n) is 23.0. The lowest BCUT2D eigenvalue weighted by Gasteiger charge is -2.22. The maximum atomic E-state index is 14.2. The zero-order valence-corrected chi connectivity index (χ0v) is 69.5. The molecule has 18 rings (SSSR count). The molecule has 6 aromatic heterocycles. The van der Waals surface area contributed by atoms with E-state index in [4.69, 9.17) is 56.9 Å². The Morgan fingerprint density at radius 1 is 0.414 bits per heavy atom. The smallest absolute Gasteiger partial charge is 0.412 e. The Morgan fingerprint density at radius 2 is 0.730 bits per heavy atom. The number of hydrogen-bond acceptors (Lipinski definition) is 21. The van der Waals surface area contributed by atoms with Gasteiger partial charge in [-0.2, -0.15) is 35.7 Å². The number of nitrogens with one attached hydrogen (secondary N) is 2. The molecular formula is C77H102Cl4F7IN20O2. The minimum absolute atomic E-state index is 0.0853. The summed E-state index contributed by atoms with van der Waals surface area (Å²) in [6, 6.07) is 17.0. The van der Waals surface area contributed by atoms with E-state index in [-0.39, 0.29) is 37.4 Å². The minimum atomic E-state index is -0.792. The summed E-state index contributed by atoms with van der Waals surface area (Å²) >= 11 is 25.1. The first-order chi connectivity index (χ1) is 52.7. The summed E-state index contributed by atoms with van der Waals surface area (Å²) in [6.07, 6.45) is -0.675. The Labute approximate surface area is 680 Å². The number of rotatable bonds is 6. The fourth-order valence-electron chi connectivity index (χ4n) is 18.1. The zero-order valence-electron chi connectivity index (χ0n) is 64.3. The molecule has 1 amide bonds. The molecule has 12 saturated heterocycles. The van der Waals surface area contributed by atoms with E-state index in [1.165, 1.54) is 38.3 Å². The van der Waals surface area contributed by atoms with Crippen molar-refractivity contribution in [2.24, 2.45) is 71.0 Å².